The van der Waals surface area contributed by atoms with Gasteiger partial charge in [0.25, 0.3) is 23.3 Å². The van der Waals surface area contributed by atoms with Crippen molar-refractivity contribution in [1.82, 2.24) is 9.88 Å². The molecule has 0 atom stereocenters. The second-order valence-corrected chi connectivity index (χ2v) is 8.03. The van der Waals surface area contributed by atoms with E-state index in [9.17, 15) is 24.0 Å². The molecule has 0 saturated heterocycles. The summed E-state index contributed by atoms with van der Waals surface area (Å²) in [6.07, 6.45) is 1.48. The van der Waals surface area contributed by atoms with Gasteiger partial charge < -0.3 is 10.1 Å². The summed E-state index contributed by atoms with van der Waals surface area (Å²) in [5, 5.41) is 4.79. The molecule has 0 unspecified atom stereocenters. The highest BCUT2D eigenvalue weighted by Crippen LogP contribution is 2.25. The van der Waals surface area contributed by atoms with E-state index in [1.807, 2.05) is 0 Å². The normalized spacial score (nSPS) is 14.3. The predicted molar refractivity (Wildman–Crippen MR) is 122 cm³/mol. The number of nitrogens with zero attached hydrogens (tertiary/aromatic N) is 1. The van der Waals surface area contributed by atoms with Crippen molar-refractivity contribution >= 4 is 29.2 Å². The molecule has 2 aliphatic rings. The number of amides is 3. The minimum absolute atomic E-state index is 0.134. The molecule has 3 amide bonds. The number of ketones is 1. The summed E-state index contributed by atoms with van der Waals surface area (Å²) in [7, 11) is 1.53. The standard InChI is InChI=1S/C25H19N3O6/c1-34-15-8-6-14(7-9-15)28-20-3-2-4-21(29)18(20)12-19(25(28)33)24(32)26-13-5-10-16-17(11-13)23(31)27-22(16)30/h5-12H,2-4H2,1H3,(H,26,32)(H,27,30,31). The molecule has 3 aromatic rings. The predicted octanol–water partition coefficient (Wildman–Crippen LogP) is 2.50. The molecule has 9 heteroatoms. The van der Waals surface area contributed by atoms with Crippen molar-refractivity contribution in [3.8, 4) is 11.4 Å². The quantitative estimate of drug-likeness (QED) is 0.581. The molecule has 5 rings (SSSR count). The van der Waals surface area contributed by atoms with E-state index in [0.717, 1.165) is 0 Å². The first-order chi connectivity index (χ1) is 16.4. The van der Waals surface area contributed by atoms with Gasteiger partial charge in [-0.05, 0) is 61.4 Å². The number of ether oxygens (including phenoxy) is 1. The van der Waals surface area contributed by atoms with E-state index in [0.29, 0.717) is 42.0 Å². The third kappa shape index (κ3) is 3.47. The molecule has 0 radical (unpaired) electrons. The van der Waals surface area contributed by atoms with Gasteiger partial charge in [0.2, 0.25) is 0 Å². The van der Waals surface area contributed by atoms with Crippen LogP contribution in [-0.2, 0) is 6.42 Å². The van der Waals surface area contributed by atoms with E-state index >= 15 is 0 Å². The lowest BCUT2D eigenvalue weighted by molar-refractivity contribution is 0.0877. The number of hydrogen-bond donors (Lipinski definition) is 2. The van der Waals surface area contributed by atoms with Crippen LogP contribution < -0.4 is 20.9 Å². The number of pyridine rings is 1. The van der Waals surface area contributed by atoms with E-state index in [-0.39, 0.29) is 28.2 Å². The van der Waals surface area contributed by atoms with Crippen molar-refractivity contribution in [3.05, 3.63) is 86.8 Å². The Hall–Kier alpha value is -4.53. The lowest BCUT2D eigenvalue weighted by atomic mass is 9.92. The Labute approximate surface area is 193 Å². The van der Waals surface area contributed by atoms with E-state index in [2.05, 4.69) is 10.6 Å². The van der Waals surface area contributed by atoms with Crippen LogP contribution in [0.1, 0.15) is 60.0 Å². The number of aromatic nitrogens is 1. The van der Waals surface area contributed by atoms with Gasteiger partial charge in [-0.2, -0.15) is 0 Å². The second-order valence-electron chi connectivity index (χ2n) is 8.03. The molecular weight excluding hydrogens is 438 g/mol. The average Bonchev–Trinajstić information content (AvgIpc) is 3.12. The Bertz CT molecular complexity index is 1450. The highest BCUT2D eigenvalue weighted by molar-refractivity contribution is 6.22. The number of imide groups is 1. The number of nitrogens with one attached hydrogen (secondary N) is 2. The molecule has 9 nitrogen and oxygen atoms in total. The molecule has 1 aliphatic heterocycles. The molecular formula is C25H19N3O6. The van der Waals surface area contributed by atoms with Crippen LogP contribution in [0.15, 0.2) is 53.3 Å². The molecule has 2 N–H and O–H groups in total. The lowest BCUT2D eigenvalue weighted by Gasteiger charge is -2.22. The molecule has 170 valence electrons. The Morgan fingerprint density at radius 1 is 0.912 bits per heavy atom. The number of anilines is 1. The van der Waals surface area contributed by atoms with Crippen molar-refractivity contribution in [2.75, 3.05) is 12.4 Å². The number of Topliss-reactive ketones (excluding diaryl/α,β-unsaturated/α-hetero) is 1. The smallest absolute Gasteiger partial charge is 0.268 e. The van der Waals surface area contributed by atoms with Crippen molar-refractivity contribution in [2.24, 2.45) is 0 Å². The van der Waals surface area contributed by atoms with Crippen molar-refractivity contribution in [3.63, 3.8) is 0 Å². The number of rotatable bonds is 4. The van der Waals surface area contributed by atoms with Gasteiger partial charge in [-0.1, -0.05) is 0 Å². The zero-order chi connectivity index (χ0) is 24.0. The van der Waals surface area contributed by atoms with Crippen molar-refractivity contribution in [1.29, 1.82) is 0 Å². The number of hydrogen-bond acceptors (Lipinski definition) is 6. The highest BCUT2D eigenvalue weighted by atomic mass is 16.5. The highest BCUT2D eigenvalue weighted by Gasteiger charge is 2.28. The minimum atomic E-state index is -0.724. The molecule has 2 aromatic carbocycles. The van der Waals surface area contributed by atoms with Gasteiger partial charge in [-0.15, -0.1) is 0 Å². The zero-order valence-electron chi connectivity index (χ0n) is 18.1. The van der Waals surface area contributed by atoms with Gasteiger partial charge in [-0.3, -0.25) is 33.9 Å². The first kappa shape index (κ1) is 21.3. The third-order valence-electron chi connectivity index (χ3n) is 5.99. The number of methoxy groups -OCH3 is 1. The zero-order valence-corrected chi connectivity index (χ0v) is 18.1. The Morgan fingerprint density at radius 3 is 2.38 bits per heavy atom. The van der Waals surface area contributed by atoms with Crippen LogP contribution in [0, 0.1) is 0 Å². The molecule has 34 heavy (non-hydrogen) atoms. The van der Waals surface area contributed by atoms with E-state index in [4.69, 9.17) is 4.74 Å². The molecule has 0 spiro atoms. The van der Waals surface area contributed by atoms with Gasteiger partial charge in [-0.25, -0.2) is 0 Å². The van der Waals surface area contributed by atoms with Gasteiger partial charge in [0.1, 0.15) is 11.3 Å². The van der Waals surface area contributed by atoms with E-state index < -0.39 is 23.3 Å². The Kier molecular flexibility index (Phi) is 5.09. The average molecular weight is 457 g/mol. The van der Waals surface area contributed by atoms with Gasteiger partial charge >= 0.3 is 0 Å². The summed E-state index contributed by atoms with van der Waals surface area (Å²) in [6.45, 7) is 0. The SMILES string of the molecule is COc1ccc(-n2c3c(cc(C(=O)Nc4ccc5c(c4)C(=O)NC5=O)c2=O)C(=O)CCC3)cc1. The Balaban J connectivity index is 1.58. The fourth-order valence-corrected chi connectivity index (χ4v) is 4.30. The number of benzene rings is 2. The first-order valence-corrected chi connectivity index (χ1v) is 10.6. The fourth-order valence-electron chi connectivity index (χ4n) is 4.30. The van der Waals surface area contributed by atoms with Crippen LogP contribution in [0.25, 0.3) is 5.69 Å². The van der Waals surface area contributed by atoms with Gasteiger partial charge in [0.15, 0.2) is 5.78 Å². The topological polar surface area (TPSA) is 124 Å². The monoisotopic (exact) mass is 457 g/mol. The van der Waals surface area contributed by atoms with Crippen LogP contribution in [0.4, 0.5) is 5.69 Å². The number of carbonyl (C=O) groups is 4. The molecule has 1 aliphatic carbocycles. The van der Waals surface area contributed by atoms with Crippen LogP contribution >= 0.6 is 0 Å². The molecule has 2 heterocycles. The third-order valence-corrected chi connectivity index (χ3v) is 5.99. The summed E-state index contributed by atoms with van der Waals surface area (Å²) >= 11 is 0. The molecule has 1 aromatic heterocycles. The van der Waals surface area contributed by atoms with Gasteiger partial charge in [0, 0.05) is 29.1 Å². The van der Waals surface area contributed by atoms with E-state index in [1.54, 1.807) is 24.3 Å². The van der Waals surface area contributed by atoms with E-state index in [1.165, 1.54) is 35.9 Å². The maximum Gasteiger partial charge on any atom is 0.268 e. The maximum atomic E-state index is 13.5. The molecule has 0 bridgehead atoms. The fraction of sp³-hybridized carbons (Fsp3) is 0.160. The summed E-state index contributed by atoms with van der Waals surface area (Å²) < 4.78 is 6.58. The molecule has 0 saturated carbocycles. The summed E-state index contributed by atoms with van der Waals surface area (Å²) in [5.74, 6) is -1.32. The Morgan fingerprint density at radius 2 is 1.65 bits per heavy atom. The van der Waals surface area contributed by atoms with Crippen LogP contribution in [0.5, 0.6) is 5.75 Å². The van der Waals surface area contributed by atoms with Crippen molar-refractivity contribution in [2.45, 2.75) is 19.3 Å². The number of fused-ring (bicyclic) bond motifs is 2. The van der Waals surface area contributed by atoms with Gasteiger partial charge in [0.05, 0.1) is 18.2 Å². The maximum absolute atomic E-state index is 13.5. The van der Waals surface area contributed by atoms with Crippen molar-refractivity contribution < 1.29 is 23.9 Å². The van der Waals surface area contributed by atoms with Crippen LogP contribution in [0.2, 0.25) is 0 Å². The number of carbonyl (C=O) groups excluding carboxylic acids is 4. The van der Waals surface area contributed by atoms with Crippen LogP contribution in [0.3, 0.4) is 0 Å². The second kappa shape index (κ2) is 8.11. The minimum Gasteiger partial charge on any atom is -0.497 e. The summed E-state index contributed by atoms with van der Waals surface area (Å²) in [5.41, 5.74) is 1.24. The summed E-state index contributed by atoms with van der Waals surface area (Å²) in [4.78, 5) is 63.0. The lowest BCUT2D eigenvalue weighted by Crippen LogP contribution is -2.33. The largest absolute Gasteiger partial charge is 0.497 e. The molecule has 0 fully saturated rings. The first-order valence-electron chi connectivity index (χ1n) is 10.6. The summed E-state index contributed by atoms with van der Waals surface area (Å²) in [6, 6.07) is 12.4. The van der Waals surface area contributed by atoms with Crippen LogP contribution in [-0.4, -0.2) is 35.2 Å².